The summed E-state index contributed by atoms with van der Waals surface area (Å²) in [6.07, 6.45) is 7.55. The molecule has 0 radical (unpaired) electrons. The van der Waals surface area contributed by atoms with Gasteiger partial charge in [0.05, 0.1) is 17.9 Å². The first-order valence-electron chi connectivity index (χ1n) is 10.5. The van der Waals surface area contributed by atoms with E-state index in [2.05, 4.69) is 53.2 Å². The number of amides is 1. The number of anilines is 1. The van der Waals surface area contributed by atoms with E-state index in [1.807, 2.05) is 4.90 Å². The fraction of sp³-hybridized carbons (Fsp3) is 0.435. The van der Waals surface area contributed by atoms with Crippen LogP contribution in [0.2, 0.25) is 0 Å². The van der Waals surface area contributed by atoms with Gasteiger partial charge in [0.15, 0.2) is 0 Å². The standard InChI is InChI=1S/C23H29N5O/c1-4-19-16(3)18-11-15(2)10-17(22(18)27-19)12-25-21-14-24-13-20(26-21)23(29)28-8-6-5-7-9-28/h10-11,13-14,27H,4-9,12H2,1-3H3,(H,25,26). The number of benzene rings is 1. The largest absolute Gasteiger partial charge is 0.365 e. The van der Waals surface area contributed by atoms with E-state index in [1.54, 1.807) is 12.4 Å². The number of nitrogens with zero attached hydrogens (tertiary/aromatic N) is 3. The SMILES string of the molecule is CCc1[nH]c2c(CNc3cncc(C(=O)N4CCCCC4)n3)cc(C)cc2c1C. The summed E-state index contributed by atoms with van der Waals surface area (Å²) in [5.74, 6) is 0.605. The number of carbonyl (C=O) groups is 1. The number of likely N-dealkylation sites (tertiary alicyclic amines) is 1. The second-order valence-electron chi connectivity index (χ2n) is 7.92. The van der Waals surface area contributed by atoms with E-state index in [9.17, 15) is 4.79 Å². The van der Waals surface area contributed by atoms with Gasteiger partial charge in [-0.15, -0.1) is 0 Å². The van der Waals surface area contributed by atoms with E-state index in [-0.39, 0.29) is 5.91 Å². The Morgan fingerprint density at radius 2 is 1.97 bits per heavy atom. The molecule has 1 fully saturated rings. The van der Waals surface area contributed by atoms with Crippen molar-refractivity contribution in [3.8, 4) is 0 Å². The van der Waals surface area contributed by atoms with E-state index in [0.29, 0.717) is 18.1 Å². The maximum Gasteiger partial charge on any atom is 0.274 e. The number of piperidine rings is 1. The van der Waals surface area contributed by atoms with E-state index in [4.69, 9.17) is 0 Å². The molecule has 1 aromatic carbocycles. The molecule has 1 aliphatic rings. The molecule has 2 N–H and O–H groups in total. The molecule has 0 bridgehead atoms. The zero-order valence-corrected chi connectivity index (χ0v) is 17.5. The summed E-state index contributed by atoms with van der Waals surface area (Å²) >= 11 is 0. The second-order valence-corrected chi connectivity index (χ2v) is 7.92. The lowest BCUT2D eigenvalue weighted by molar-refractivity contribution is 0.0718. The van der Waals surface area contributed by atoms with Crippen LogP contribution in [0.4, 0.5) is 5.82 Å². The Morgan fingerprint density at radius 1 is 1.17 bits per heavy atom. The van der Waals surface area contributed by atoms with Gasteiger partial charge in [-0.05, 0) is 56.7 Å². The van der Waals surface area contributed by atoms with E-state index in [1.165, 1.54) is 39.7 Å². The van der Waals surface area contributed by atoms with Gasteiger partial charge in [-0.1, -0.05) is 18.6 Å². The summed E-state index contributed by atoms with van der Waals surface area (Å²) in [4.78, 5) is 26.9. The third-order valence-electron chi connectivity index (χ3n) is 5.81. The highest BCUT2D eigenvalue weighted by atomic mass is 16.2. The van der Waals surface area contributed by atoms with Crippen LogP contribution in [0.3, 0.4) is 0 Å². The lowest BCUT2D eigenvalue weighted by atomic mass is 10.0. The third-order valence-corrected chi connectivity index (χ3v) is 5.81. The predicted molar refractivity (Wildman–Crippen MR) is 116 cm³/mol. The van der Waals surface area contributed by atoms with Crippen molar-refractivity contribution in [2.45, 2.75) is 53.0 Å². The van der Waals surface area contributed by atoms with Crippen molar-refractivity contribution in [1.29, 1.82) is 0 Å². The van der Waals surface area contributed by atoms with Crippen molar-refractivity contribution in [2.24, 2.45) is 0 Å². The van der Waals surface area contributed by atoms with Crippen LogP contribution < -0.4 is 5.32 Å². The van der Waals surface area contributed by atoms with Crippen LogP contribution in [0.1, 0.15) is 59.1 Å². The van der Waals surface area contributed by atoms with Gasteiger partial charge < -0.3 is 15.2 Å². The number of fused-ring (bicyclic) bond motifs is 1. The molecule has 0 unspecified atom stereocenters. The number of carbonyl (C=O) groups excluding carboxylic acids is 1. The van der Waals surface area contributed by atoms with Crippen LogP contribution in [0, 0.1) is 13.8 Å². The predicted octanol–water partition coefficient (Wildman–Crippen LogP) is 4.38. The molecule has 0 spiro atoms. The number of aromatic amines is 1. The van der Waals surface area contributed by atoms with E-state index < -0.39 is 0 Å². The number of nitrogens with one attached hydrogen (secondary N) is 2. The van der Waals surface area contributed by atoms with Crippen LogP contribution in [-0.4, -0.2) is 38.8 Å². The average Bonchev–Trinajstić information content (AvgIpc) is 3.08. The maximum absolute atomic E-state index is 12.7. The summed E-state index contributed by atoms with van der Waals surface area (Å²) in [5, 5.41) is 4.64. The molecule has 0 atom stereocenters. The lowest BCUT2D eigenvalue weighted by Crippen LogP contribution is -2.36. The normalized spacial score (nSPS) is 14.4. The molecule has 4 rings (SSSR count). The van der Waals surface area contributed by atoms with Crippen molar-refractivity contribution < 1.29 is 4.79 Å². The van der Waals surface area contributed by atoms with Crippen molar-refractivity contribution in [2.75, 3.05) is 18.4 Å². The first-order chi connectivity index (χ1) is 14.1. The maximum atomic E-state index is 12.7. The minimum atomic E-state index is -0.0219. The molecule has 2 aromatic heterocycles. The molecular formula is C23H29N5O. The zero-order chi connectivity index (χ0) is 20.4. The van der Waals surface area contributed by atoms with Crippen LogP contribution in [0.25, 0.3) is 10.9 Å². The summed E-state index contributed by atoms with van der Waals surface area (Å²) in [7, 11) is 0. The van der Waals surface area contributed by atoms with Crippen molar-refractivity contribution in [1.82, 2.24) is 19.9 Å². The molecule has 0 aliphatic carbocycles. The number of H-pyrrole nitrogens is 1. The molecule has 152 valence electrons. The highest BCUT2D eigenvalue weighted by Crippen LogP contribution is 2.27. The fourth-order valence-corrected chi connectivity index (χ4v) is 4.20. The Balaban J connectivity index is 1.54. The first kappa shape index (κ1) is 19.4. The Morgan fingerprint density at radius 3 is 2.72 bits per heavy atom. The molecule has 3 aromatic rings. The van der Waals surface area contributed by atoms with Gasteiger partial charge in [0.2, 0.25) is 0 Å². The average molecular weight is 392 g/mol. The topological polar surface area (TPSA) is 73.9 Å². The summed E-state index contributed by atoms with van der Waals surface area (Å²) < 4.78 is 0. The highest BCUT2D eigenvalue weighted by Gasteiger charge is 2.20. The van der Waals surface area contributed by atoms with Crippen molar-refractivity contribution in [3.63, 3.8) is 0 Å². The lowest BCUT2D eigenvalue weighted by Gasteiger charge is -2.26. The first-order valence-corrected chi connectivity index (χ1v) is 10.5. The van der Waals surface area contributed by atoms with E-state index >= 15 is 0 Å². The quantitative estimate of drug-likeness (QED) is 0.677. The number of aromatic nitrogens is 3. The van der Waals surface area contributed by atoms with Crippen LogP contribution in [-0.2, 0) is 13.0 Å². The van der Waals surface area contributed by atoms with Crippen molar-refractivity contribution in [3.05, 3.63) is 52.6 Å². The zero-order valence-electron chi connectivity index (χ0n) is 17.5. The molecule has 29 heavy (non-hydrogen) atoms. The van der Waals surface area contributed by atoms with Crippen LogP contribution >= 0.6 is 0 Å². The molecule has 0 saturated carbocycles. The minimum absolute atomic E-state index is 0.0219. The Kier molecular flexibility index (Phi) is 5.51. The Bertz CT molecular complexity index is 1030. The molecule has 6 heteroatoms. The molecule has 1 aliphatic heterocycles. The smallest absolute Gasteiger partial charge is 0.274 e. The molecule has 6 nitrogen and oxygen atoms in total. The minimum Gasteiger partial charge on any atom is -0.365 e. The molecular weight excluding hydrogens is 362 g/mol. The molecule has 3 heterocycles. The number of rotatable bonds is 5. The number of hydrogen-bond acceptors (Lipinski definition) is 4. The van der Waals surface area contributed by atoms with Gasteiger partial charge in [0, 0.05) is 30.7 Å². The van der Waals surface area contributed by atoms with Crippen LogP contribution in [0.5, 0.6) is 0 Å². The number of aryl methyl sites for hydroxylation is 3. The fourth-order valence-electron chi connectivity index (χ4n) is 4.20. The molecule has 1 amide bonds. The van der Waals surface area contributed by atoms with Crippen molar-refractivity contribution >= 4 is 22.6 Å². The van der Waals surface area contributed by atoms with Gasteiger partial charge in [-0.2, -0.15) is 0 Å². The Labute approximate surface area is 171 Å². The molecule has 1 saturated heterocycles. The summed E-state index contributed by atoms with van der Waals surface area (Å²) in [6.45, 7) is 8.71. The Hall–Kier alpha value is -2.89. The van der Waals surface area contributed by atoms with E-state index in [0.717, 1.165) is 32.4 Å². The van der Waals surface area contributed by atoms with Gasteiger partial charge in [-0.3, -0.25) is 9.78 Å². The monoisotopic (exact) mass is 391 g/mol. The van der Waals surface area contributed by atoms with Gasteiger partial charge >= 0.3 is 0 Å². The third kappa shape index (κ3) is 3.97. The second kappa shape index (κ2) is 8.23. The van der Waals surface area contributed by atoms with Gasteiger partial charge in [-0.25, -0.2) is 4.98 Å². The van der Waals surface area contributed by atoms with Gasteiger partial charge in [0.25, 0.3) is 5.91 Å². The summed E-state index contributed by atoms with van der Waals surface area (Å²) in [5.41, 5.74) is 6.61. The highest BCUT2D eigenvalue weighted by molar-refractivity contribution is 5.92. The van der Waals surface area contributed by atoms with Crippen LogP contribution in [0.15, 0.2) is 24.5 Å². The van der Waals surface area contributed by atoms with Gasteiger partial charge in [0.1, 0.15) is 11.5 Å². The summed E-state index contributed by atoms with van der Waals surface area (Å²) in [6, 6.07) is 4.43. The number of hydrogen-bond donors (Lipinski definition) is 2.